The van der Waals surface area contributed by atoms with Crippen molar-refractivity contribution in [3.63, 3.8) is 0 Å². The molecule has 2 N–H and O–H groups in total. The summed E-state index contributed by atoms with van der Waals surface area (Å²) in [4.78, 5) is 0. The number of aliphatic hydroxyl groups excluding tert-OH is 1. The van der Waals surface area contributed by atoms with Gasteiger partial charge in [-0.2, -0.15) is 0 Å². The zero-order chi connectivity index (χ0) is 12.2. The highest BCUT2D eigenvalue weighted by molar-refractivity contribution is 4.90. The largest absolute Gasteiger partial charge is 0.396 e. The molecule has 0 saturated heterocycles. The summed E-state index contributed by atoms with van der Waals surface area (Å²) in [7, 11) is 0. The molecule has 2 nitrogen and oxygen atoms in total. The first kappa shape index (κ1) is 13.4. The molecule has 0 unspecified atom stereocenters. The van der Waals surface area contributed by atoms with E-state index in [0.717, 1.165) is 6.54 Å². The van der Waals surface area contributed by atoms with E-state index in [9.17, 15) is 5.11 Å². The third-order valence-corrected chi connectivity index (χ3v) is 5.41. The van der Waals surface area contributed by atoms with Gasteiger partial charge < -0.3 is 10.4 Å². The molecule has 0 heterocycles. The van der Waals surface area contributed by atoms with Crippen LogP contribution in [-0.2, 0) is 0 Å². The molecule has 2 saturated carbocycles. The molecule has 0 aliphatic heterocycles. The van der Waals surface area contributed by atoms with Crippen LogP contribution in [0, 0.1) is 10.8 Å². The van der Waals surface area contributed by atoms with Gasteiger partial charge in [-0.3, -0.25) is 0 Å². The summed E-state index contributed by atoms with van der Waals surface area (Å²) in [6, 6.07) is 0. The van der Waals surface area contributed by atoms with Gasteiger partial charge in [0.2, 0.25) is 0 Å². The first-order valence-electron chi connectivity index (χ1n) is 7.56. The second kappa shape index (κ2) is 5.71. The maximum atomic E-state index is 9.66. The van der Waals surface area contributed by atoms with Crippen molar-refractivity contribution in [3.05, 3.63) is 0 Å². The van der Waals surface area contributed by atoms with E-state index in [1.807, 2.05) is 0 Å². The Hall–Kier alpha value is -0.0800. The Morgan fingerprint density at radius 3 is 1.94 bits per heavy atom. The highest BCUT2D eigenvalue weighted by atomic mass is 16.3. The number of rotatable bonds is 6. The summed E-state index contributed by atoms with van der Waals surface area (Å²) in [6.45, 7) is 4.90. The molecule has 2 aliphatic rings. The first-order valence-corrected chi connectivity index (χ1v) is 7.56. The number of hydrogen-bond acceptors (Lipinski definition) is 2. The van der Waals surface area contributed by atoms with Gasteiger partial charge >= 0.3 is 0 Å². The minimum absolute atomic E-state index is 0.205. The Bertz CT molecular complexity index is 224. The van der Waals surface area contributed by atoms with Crippen LogP contribution in [0.2, 0.25) is 0 Å². The van der Waals surface area contributed by atoms with Crippen molar-refractivity contribution in [3.8, 4) is 0 Å². The molecule has 0 aromatic heterocycles. The van der Waals surface area contributed by atoms with E-state index in [4.69, 9.17) is 0 Å². The van der Waals surface area contributed by atoms with Crippen molar-refractivity contribution >= 4 is 0 Å². The van der Waals surface area contributed by atoms with Crippen molar-refractivity contribution in [2.75, 3.05) is 19.7 Å². The van der Waals surface area contributed by atoms with Gasteiger partial charge in [0.1, 0.15) is 0 Å². The van der Waals surface area contributed by atoms with Gasteiger partial charge in [-0.25, -0.2) is 0 Å². The summed E-state index contributed by atoms with van der Waals surface area (Å²) >= 11 is 0. The van der Waals surface area contributed by atoms with E-state index in [2.05, 4.69) is 12.2 Å². The molecule has 2 rings (SSSR count). The Labute approximate surface area is 106 Å². The van der Waals surface area contributed by atoms with Crippen LogP contribution in [0.25, 0.3) is 0 Å². The monoisotopic (exact) mass is 239 g/mol. The Balaban J connectivity index is 1.75. The Kier molecular flexibility index (Phi) is 4.48. The Morgan fingerprint density at radius 1 is 0.882 bits per heavy atom. The van der Waals surface area contributed by atoms with E-state index >= 15 is 0 Å². The zero-order valence-electron chi connectivity index (χ0n) is 11.4. The van der Waals surface area contributed by atoms with Crippen LogP contribution in [0.4, 0.5) is 0 Å². The van der Waals surface area contributed by atoms with E-state index < -0.39 is 0 Å². The molecule has 17 heavy (non-hydrogen) atoms. The molecule has 0 aromatic rings. The van der Waals surface area contributed by atoms with Crippen LogP contribution in [0.3, 0.4) is 0 Å². The maximum Gasteiger partial charge on any atom is 0.0499 e. The molecular weight excluding hydrogens is 210 g/mol. The van der Waals surface area contributed by atoms with Crippen LogP contribution in [0.5, 0.6) is 0 Å². The highest BCUT2D eigenvalue weighted by Crippen LogP contribution is 2.43. The smallest absolute Gasteiger partial charge is 0.0499 e. The van der Waals surface area contributed by atoms with E-state index in [-0.39, 0.29) is 5.41 Å². The third-order valence-electron chi connectivity index (χ3n) is 5.41. The summed E-state index contributed by atoms with van der Waals surface area (Å²) in [6.07, 6.45) is 12.0. The molecule has 2 aliphatic carbocycles. The van der Waals surface area contributed by atoms with Gasteiger partial charge in [0, 0.05) is 25.1 Å². The van der Waals surface area contributed by atoms with Crippen LogP contribution in [0.15, 0.2) is 0 Å². The number of nitrogens with one attached hydrogen (secondary N) is 1. The van der Waals surface area contributed by atoms with Gasteiger partial charge in [-0.15, -0.1) is 0 Å². The fourth-order valence-corrected chi connectivity index (χ4v) is 3.62. The second-order valence-electron chi connectivity index (χ2n) is 6.53. The normalized spacial score (nSPS) is 26.5. The maximum absolute atomic E-state index is 9.66. The van der Waals surface area contributed by atoms with Crippen LogP contribution < -0.4 is 5.32 Å². The lowest BCUT2D eigenvalue weighted by molar-refractivity contribution is 0.0668. The first-order chi connectivity index (χ1) is 8.24. The molecular formula is C15H29NO. The van der Waals surface area contributed by atoms with E-state index in [1.54, 1.807) is 0 Å². The van der Waals surface area contributed by atoms with Crippen molar-refractivity contribution in [2.24, 2.45) is 10.8 Å². The molecule has 0 bridgehead atoms. The van der Waals surface area contributed by atoms with Gasteiger partial charge in [0.15, 0.2) is 0 Å². The lowest BCUT2D eigenvalue weighted by atomic mass is 9.66. The predicted octanol–water partition coefficient (Wildman–Crippen LogP) is 3.10. The van der Waals surface area contributed by atoms with E-state index in [0.29, 0.717) is 12.0 Å². The van der Waals surface area contributed by atoms with E-state index in [1.165, 1.54) is 64.3 Å². The quantitative estimate of drug-likeness (QED) is 0.746. The molecule has 2 fully saturated rings. The Morgan fingerprint density at radius 2 is 1.47 bits per heavy atom. The van der Waals surface area contributed by atoms with Gasteiger partial charge in [-0.1, -0.05) is 32.6 Å². The third kappa shape index (κ3) is 3.03. The summed E-state index contributed by atoms with van der Waals surface area (Å²) in [5, 5.41) is 13.3. The van der Waals surface area contributed by atoms with Gasteiger partial charge in [0.25, 0.3) is 0 Å². The van der Waals surface area contributed by atoms with Crippen LogP contribution in [-0.4, -0.2) is 24.8 Å². The lowest BCUT2D eigenvalue weighted by Gasteiger charge is -2.43. The zero-order valence-corrected chi connectivity index (χ0v) is 11.4. The number of aliphatic hydroxyl groups is 1. The molecule has 0 spiro atoms. The number of hydrogen-bond donors (Lipinski definition) is 2. The second-order valence-corrected chi connectivity index (χ2v) is 6.53. The van der Waals surface area contributed by atoms with Gasteiger partial charge in [-0.05, 0) is 37.5 Å². The fourth-order valence-electron chi connectivity index (χ4n) is 3.62. The SMILES string of the molecule is CCC1(CNCC2(CO)CCCCC2)CCC1. The van der Waals surface area contributed by atoms with Crippen LogP contribution >= 0.6 is 0 Å². The minimum Gasteiger partial charge on any atom is -0.396 e. The summed E-state index contributed by atoms with van der Waals surface area (Å²) in [5.74, 6) is 0. The standard InChI is InChI=1S/C15H29NO/c1-2-14(9-6-10-14)11-16-12-15(13-17)7-4-3-5-8-15/h16-17H,2-13H2,1H3. The van der Waals surface area contributed by atoms with Crippen LogP contribution in [0.1, 0.15) is 64.7 Å². The highest BCUT2D eigenvalue weighted by Gasteiger charge is 2.36. The summed E-state index contributed by atoms with van der Waals surface area (Å²) < 4.78 is 0. The molecule has 100 valence electrons. The lowest BCUT2D eigenvalue weighted by Crippen LogP contribution is -2.45. The molecule has 0 atom stereocenters. The molecule has 0 amide bonds. The predicted molar refractivity (Wildman–Crippen MR) is 72.0 cm³/mol. The molecule has 0 radical (unpaired) electrons. The fraction of sp³-hybridized carbons (Fsp3) is 1.00. The molecule has 2 heteroatoms. The van der Waals surface area contributed by atoms with Gasteiger partial charge in [0.05, 0.1) is 0 Å². The average Bonchev–Trinajstić information content (AvgIpc) is 2.34. The topological polar surface area (TPSA) is 32.3 Å². The minimum atomic E-state index is 0.205. The average molecular weight is 239 g/mol. The summed E-state index contributed by atoms with van der Waals surface area (Å²) in [5.41, 5.74) is 0.808. The van der Waals surface area contributed by atoms with Crippen molar-refractivity contribution in [1.29, 1.82) is 0 Å². The van der Waals surface area contributed by atoms with Crippen molar-refractivity contribution < 1.29 is 5.11 Å². The van der Waals surface area contributed by atoms with Crippen molar-refractivity contribution in [2.45, 2.75) is 64.7 Å². The molecule has 0 aromatic carbocycles. The van der Waals surface area contributed by atoms with Crippen molar-refractivity contribution in [1.82, 2.24) is 5.32 Å².